The number of carbonyl (C=O) groups excluding carboxylic acids is 1. The van der Waals surface area contributed by atoms with Crippen molar-refractivity contribution in [1.29, 1.82) is 0 Å². The number of hydrogen-bond acceptors (Lipinski definition) is 4. The molecule has 0 bridgehead atoms. The zero-order chi connectivity index (χ0) is 19.7. The summed E-state index contributed by atoms with van der Waals surface area (Å²) >= 11 is 12.9. The van der Waals surface area contributed by atoms with Gasteiger partial charge in [-0.3, -0.25) is 0 Å². The molecule has 0 aliphatic carbocycles. The summed E-state index contributed by atoms with van der Waals surface area (Å²) < 4.78 is 7.92. The quantitative estimate of drug-likeness (QED) is 0.720. The Kier molecular flexibility index (Phi) is 5.96. The van der Waals surface area contributed by atoms with Crippen LogP contribution in [-0.2, 0) is 19.4 Å². The molecule has 0 spiro atoms. The minimum absolute atomic E-state index is 0.0326. The van der Waals surface area contributed by atoms with Crippen LogP contribution in [0.2, 0.25) is 10.0 Å². The molecule has 1 aliphatic heterocycles. The third kappa shape index (κ3) is 3.65. The topological polar surface area (TPSA) is 60.2 Å². The van der Waals surface area contributed by atoms with E-state index in [1.807, 2.05) is 20.8 Å². The van der Waals surface area contributed by atoms with Crippen molar-refractivity contribution in [1.82, 2.24) is 19.7 Å². The van der Waals surface area contributed by atoms with Crippen LogP contribution in [0.15, 0.2) is 6.07 Å². The van der Waals surface area contributed by atoms with Crippen LogP contribution < -0.4 is 4.74 Å². The van der Waals surface area contributed by atoms with Gasteiger partial charge >= 0.3 is 6.09 Å². The molecule has 0 saturated carbocycles. The van der Waals surface area contributed by atoms with E-state index in [9.17, 15) is 4.79 Å². The number of amides is 1. The number of halogens is 2. The van der Waals surface area contributed by atoms with Gasteiger partial charge in [-0.1, -0.05) is 30.1 Å². The van der Waals surface area contributed by atoms with Crippen molar-refractivity contribution in [2.75, 3.05) is 13.1 Å². The van der Waals surface area contributed by atoms with Crippen LogP contribution in [0.1, 0.15) is 49.5 Å². The largest absolute Gasteiger partial charge is 0.415 e. The minimum atomic E-state index is -0.380. The highest BCUT2D eigenvalue weighted by atomic mass is 35.5. The van der Waals surface area contributed by atoms with Crippen LogP contribution in [0.3, 0.4) is 0 Å². The molecule has 0 fully saturated rings. The number of fused-ring (bicyclic) bond motifs is 1. The number of nitrogens with zero attached hydrogens (tertiary/aromatic N) is 4. The molecule has 0 radical (unpaired) electrons. The lowest BCUT2D eigenvalue weighted by molar-refractivity contribution is 0.156. The summed E-state index contributed by atoms with van der Waals surface area (Å²) in [7, 11) is 0. The third-order valence-electron chi connectivity index (χ3n) is 5.06. The molecule has 0 saturated heterocycles. The lowest BCUT2D eigenvalue weighted by Crippen LogP contribution is -2.33. The van der Waals surface area contributed by atoms with Gasteiger partial charge in [-0.25, -0.2) is 4.79 Å². The molecule has 1 aromatic heterocycles. The number of ether oxygens (including phenoxy) is 1. The van der Waals surface area contributed by atoms with Crippen LogP contribution in [0.4, 0.5) is 4.79 Å². The fourth-order valence-corrected chi connectivity index (χ4v) is 4.15. The van der Waals surface area contributed by atoms with E-state index in [0.29, 0.717) is 41.8 Å². The predicted molar refractivity (Wildman–Crippen MR) is 106 cm³/mol. The lowest BCUT2D eigenvalue weighted by Gasteiger charge is -2.23. The van der Waals surface area contributed by atoms with Gasteiger partial charge in [0.1, 0.15) is 17.4 Å². The Labute approximate surface area is 169 Å². The molecule has 6 nitrogen and oxygen atoms in total. The average Bonchev–Trinajstić information content (AvgIpc) is 3.21. The van der Waals surface area contributed by atoms with Crippen LogP contribution in [-0.4, -0.2) is 38.8 Å². The lowest BCUT2D eigenvalue weighted by atomic mass is 9.94. The third-order valence-corrected chi connectivity index (χ3v) is 5.87. The molecule has 1 aliphatic rings. The van der Waals surface area contributed by atoms with Crippen LogP contribution in [0.5, 0.6) is 5.75 Å². The smallest absolute Gasteiger partial charge is 0.410 e. The molecule has 1 aromatic carbocycles. The molecular weight excluding hydrogens is 387 g/mol. The second kappa shape index (κ2) is 8.07. The molecule has 0 N–H and O–H groups in total. The van der Waals surface area contributed by atoms with Crippen molar-refractivity contribution >= 4 is 29.3 Å². The first-order valence-corrected chi connectivity index (χ1v) is 10.0. The van der Waals surface area contributed by atoms with Gasteiger partial charge in [0.25, 0.3) is 0 Å². The Bertz CT molecular complexity index is 862. The average molecular weight is 411 g/mol. The number of carbonyl (C=O) groups is 1. The van der Waals surface area contributed by atoms with E-state index >= 15 is 0 Å². The maximum absolute atomic E-state index is 12.6. The van der Waals surface area contributed by atoms with Crippen molar-refractivity contribution in [3.8, 4) is 5.75 Å². The summed E-state index contributed by atoms with van der Waals surface area (Å²) in [6.07, 6.45) is 1.11. The van der Waals surface area contributed by atoms with Gasteiger partial charge in [0, 0.05) is 44.0 Å². The van der Waals surface area contributed by atoms with Gasteiger partial charge in [0.15, 0.2) is 0 Å². The maximum atomic E-state index is 12.6. The Hall–Kier alpha value is -1.79. The fraction of sp³-hybridized carbons (Fsp3) is 0.526. The summed E-state index contributed by atoms with van der Waals surface area (Å²) in [6, 6.07) is 1.74. The molecule has 1 unspecified atom stereocenters. The monoisotopic (exact) mass is 410 g/mol. The van der Waals surface area contributed by atoms with E-state index in [1.165, 1.54) is 0 Å². The summed E-state index contributed by atoms with van der Waals surface area (Å²) in [4.78, 5) is 14.2. The highest BCUT2D eigenvalue weighted by molar-refractivity contribution is 6.42. The van der Waals surface area contributed by atoms with Crippen LogP contribution in [0, 0.1) is 6.92 Å². The SMILES string of the molecule is CCc1nnc2n1CC(c1c(Cl)c(Cl)cc(C)c1OC(=O)N(CC)CC)C2. The van der Waals surface area contributed by atoms with Crippen LogP contribution in [0.25, 0.3) is 0 Å². The van der Waals surface area contributed by atoms with E-state index in [1.54, 1.807) is 11.0 Å². The zero-order valence-electron chi connectivity index (χ0n) is 16.1. The fourth-order valence-electron chi connectivity index (χ4n) is 3.59. The minimum Gasteiger partial charge on any atom is -0.410 e. The van der Waals surface area contributed by atoms with E-state index in [2.05, 4.69) is 21.7 Å². The molecule has 3 rings (SSSR count). The van der Waals surface area contributed by atoms with Gasteiger partial charge in [-0.2, -0.15) is 0 Å². The molecule has 8 heteroatoms. The van der Waals surface area contributed by atoms with Gasteiger partial charge in [0.2, 0.25) is 0 Å². The molecule has 27 heavy (non-hydrogen) atoms. The summed E-state index contributed by atoms with van der Waals surface area (Å²) in [5, 5.41) is 9.40. The Morgan fingerprint density at radius 2 is 2.00 bits per heavy atom. The van der Waals surface area contributed by atoms with Crippen molar-refractivity contribution in [3.63, 3.8) is 0 Å². The Morgan fingerprint density at radius 3 is 2.63 bits per heavy atom. The molecule has 1 atom stereocenters. The Balaban J connectivity index is 1.99. The number of hydrogen-bond donors (Lipinski definition) is 0. The van der Waals surface area contributed by atoms with Crippen LogP contribution >= 0.6 is 23.2 Å². The standard InChI is InChI=1S/C19H24Cl2N4O2/c1-5-14-22-23-15-9-12(10-25(14)15)16-17(21)13(20)8-11(4)18(16)27-19(26)24(6-2)7-3/h8,12H,5-7,9-10H2,1-4H3. The number of rotatable bonds is 5. The molecule has 2 aromatic rings. The van der Waals surface area contributed by atoms with Gasteiger partial charge < -0.3 is 14.2 Å². The number of benzene rings is 1. The number of aryl methyl sites for hydroxylation is 2. The molecular formula is C19H24Cl2N4O2. The predicted octanol–water partition coefficient (Wildman–Crippen LogP) is 4.64. The first-order chi connectivity index (χ1) is 12.9. The highest BCUT2D eigenvalue weighted by Gasteiger charge is 2.33. The van der Waals surface area contributed by atoms with E-state index < -0.39 is 0 Å². The second-order valence-electron chi connectivity index (χ2n) is 6.67. The van der Waals surface area contributed by atoms with E-state index in [-0.39, 0.29) is 12.0 Å². The highest BCUT2D eigenvalue weighted by Crippen LogP contribution is 2.44. The van der Waals surface area contributed by atoms with Gasteiger partial charge in [0.05, 0.1) is 10.0 Å². The van der Waals surface area contributed by atoms with Gasteiger partial charge in [-0.15, -0.1) is 10.2 Å². The molecule has 1 amide bonds. The summed E-state index contributed by atoms with van der Waals surface area (Å²) in [5.74, 6) is 2.41. The van der Waals surface area contributed by atoms with E-state index in [0.717, 1.165) is 29.2 Å². The number of aromatic nitrogens is 3. The normalized spacial score (nSPS) is 15.7. The first-order valence-electron chi connectivity index (χ1n) is 9.27. The molecule has 2 heterocycles. The maximum Gasteiger partial charge on any atom is 0.415 e. The van der Waals surface area contributed by atoms with Crippen molar-refractivity contribution in [3.05, 3.63) is 38.9 Å². The van der Waals surface area contributed by atoms with E-state index in [4.69, 9.17) is 27.9 Å². The van der Waals surface area contributed by atoms with Gasteiger partial charge in [-0.05, 0) is 32.4 Å². The summed E-state index contributed by atoms with van der Waals surface area (Å²) in [5.41, 5.74) is 1.56. The van der Waals surface area contributed by atoms with Crippen molar-refractivity contribution in [2.45, 2.75) is 53.0 Å². The second-order valence-corrected chi connectivity index (χ2v) is 7.46. The zero-order valence-corrected chi connectivity index (χ0v) is 17.6. The molecule has 146 valence electrons. The summed E-state index contributed by atoms with van der Waals surface area (Å²) in [6.45, 7) is 9.62. The van der Waals surface area contributed by atoms with Crippen molar-refractivity contribution < 1.29 is 9.53 Å². The Morgan fingerprint density at radius 1 is 1.30 bits per heavy atom. The first kappa shape index (κ1) is 20.0. The van der Waals surface area contributed by atoms with Crippen molar-refractivity contribution in [2.24, 2.45) is 0 Å².